The van der Waals surface area contributed by atoms with Crippen LogP contribution < -0.4 is 10.1 Å². The van der Waals surface area contributed by atoms with Gasteiger partial charge in [0.25, 0.3) is 0 Å². The number of ether oxygens (including phenoxy) is 1. The average molecular weight is 186 g/mol. The van der Waals surface area contributed by atoms with Crippen molar-refractivity contribution in [3.8, 4) is 5.88 Å². The smallest absolute Gasteiger partial charge is 0.225 e. The van der Waals surface area contributed by atoms with Crippen LogP contribution in [0.2, 0.25) is 5.28 Å². The Bertz CT molecular complexity index is 316. The molecule has 0 radical (unpaired) electrons. The molecule has 0 aliphatic carbocycles. The van der Waals surface area contributed by atoms with Crippen molar-refractivity contribution in [1.82, 2.24) is 15.3 Å². The molecule has 1 N–H and O–H groups in total. The number of nitrogens with one attached hydrogen (secondary N) is 1. The van der Waals surface area contributed by atoms with Crippen LogP contribution in [0.15, 0.2) is 0 Å². The van der Waals surface area contributed by atoms with Gasteiger partial charge in [-0.25, -0.2) is 4.98 Å². The molecule has 0 atom stereocenters. The molecular weight excluding hydrogens is 178 g/mol. The molecule has 0 saturated carbocycles. The predicted molar refractivity (Wildman–Crippen MR) is 44.1 cm³/mol. The molecule has 1 aromatic heterocycles. The van der Waals surface area contributed by atoms with E-state index in [0.29, 0.717) is 5.88 Å². The van der Waals surface area contributed by atoms with Crippen LogP contribution in [0.25, 0.3) is 0 Å². The second-order valence-electron chi connectivity index (χ2n) is 2.53. The zero-order valence-corrected chi connectivity index (χ0v) is 7.35. The van der Waals surface area contributed by atoms with E-state index in [1.165, 1.54) is 0 Å². The van der Waals surface area contributed by atoms with Crippen LogP contribution in [0.4, 0.5) is 0 Å². The summed E-state index contributed by atoms with van der Waals surface area (Å²) in [5, 5.41) is 3.39. The Hall–Kier alpha value is -0.870. The van der Waals surface area contributed by atoms with Gasteiger partial charge >= 0.3 is 0 Å². The molecule has 12 heavy (non-hydrogen) atoms. The van der Waals surface area contributed by atoms with E-state index in [1.807, 2.05) is 0 Å². The molecule has 4 nitrogen and oxygen atoms in total. The molecule has 0 spiro atoms. The van der Waals surface area contributed by atoms with Crippen LogP contribution in [-0.2, 0) is 13.1 Å². The van der Waals surface area contributed by atoms with E-state index in [2.05, 4.69) is 15.3 Å². The number of hydrogen-bond donors (Lipinski definition) is 1. The molecule has 0 aromatic carbocycles. The highest BCUT2D eigenvalue weighted by Crippen LogP contribution is 2.23. The van der Waals surface area contributed by atoms with Crippen molar-refractivity contribution in [2.75, 3.05) is 7.11 Å². The minimum atomic E-state index is 0.245. The fourth-order valence-corrected chi connectivity index (χ4v) is 1.46. The maximum atomic E-state index is 5.68. The van der Waals surface area contributed by atoms with Crippen LogP contribution in [0.3, 0.4) is 0 Å². The zero-order valence-electron chi connectivity index (χ0n) is 6.59. The van der Waals surface area contributed by atoms with Crippen LogP contribution >= 0.6 is 11.6 Å². The van der Waals surface area contributed by atoms with Gasteiger partial charge in [-0.2, -0.15) is 4.98 Å². The second-order valence-corrected chi connectivity index (χ2v) is 2.87. The summed E-state index contributed by atoms with van der Waals surface area (Å²) in [7, 11) is 1.58. The van der Waals surface area contributed by atoms with Gasteiger partial charge in [0, 0.05) is 13.1 Å². The summed E-state index contributed by atoms with van der Waals surface area (Å²) in [5.74, 6) is 0.579. The van der Waals surface area contributed by atoms with Gasteiger partial charge in [-0.3, -0.25) is 0 Å². The standard InChI is InChI=1S/C7H8ClN3O/c1-12-6-4-2-9-3-5(4)10-7(8)11-6/h9H,2-3H2,1H3. The van der Waals surface area contributed by atoms with Gasteiger partial charge in [0.1, 0.15) is 0 Å². The summed E-state index contributed by atoms with van der Waals surface area (Å²) in [6.07, 6.45) is 0. The molecule has 0 unspecified atom stereocenters. The molecule has 1 aromatic rings. The van der Waals surface area contributed by atoms with Crippen molar-refractivity contribution in [1.29, 1.82) is 0 Å². The highest BCUT2D eigenvalue weighted by atomic mass is 35.5. The first-order valence-corrected chi connectivity index (χ1v) is 3.99. The summed E-state index contributed by atoms with van der Waals surface area (Å²) in [5.41, 5.74) is 1.95. The number of halogens is 1. The molecule has 64 valence electrons. The first-order valence-electron chi connectivity index (χ1n) is 3.61. The Kier molecular flexibility index (Phi) is 1.86. The van der Waals surface area contributed by atoms with E-state index in [9.17, 15) is 0 Å². The van der Waals surface area contributed by atoms with Crippen molar-refractivity contribution in [3.05, 3.63) is 16.5 Å². The van der Waals surface area contributed by atoms with Gasteiger partial charge in [-0.05, 0) is 11.6 Å². The number of aromatic nitrogens is 2. The topological polar surface area (TPSA) is 47.0 Å². The summed E-state index contributed by atoms with van der Waals surface area (Å²) in [6.45, 7) is 1.50. The fraction of sp³-hybridized carbons (Fsp3) is 0.429. The van der Waals surface area contributed by atoms with Gasteiger partial charge < -0.3 is 10.1 Å². The Morgan fingerprint density at radius 1 is 1.42 bits per heavy atom. The molecule has 0 saturated heterocycles. The van der Waals surface area contributed by atoms with E-state index in [4.69, 9.17) is 16.3 Å². The summed E-state index contributed by atoms with van der Waals surface area (Å²) in [6, 6.07) is 0. The third-order valence-electron chi connectivity index (χ3n) is 1.82. The van der Waals surface area contributed by atoms with Crippen LogP contribution in [0.1, 0.15) is 11.3 Å². The van der Waals surface area contributed by atoms with Crippen molar-refractivity contribution < 1.29 is 4.74 Å². The molecular formula is C7H8ClN3O. The second kappa shape index (κ2) is 2.88. The Morgan fingerprint density at radius 3 is 3.00 bits per heavy atom. The van der Waals surface area contributed by atoms with Crippen molar-refractivity contribution >= 4 is 11.6 Å². The lowest BCUT2D eigenvalue weighted by Crippen LogP contribution is -2.00. The Labute approximate surface area is 74.9 Å². The number of methoxy groups -OCH3 is 1. The van der Waals surface area contributed by atoms with Gasteiger partial charge in [0.15, 0.2) is 0 Å². The van der Waals surface area contributed by atoms with Gasteiger partial charge in [0.05, 0.1) is 18.4 Å². The largest absolute Gasteiger partial charge is 0.481 e. The first-order chi connectivity index (χ1) is 5.81. The molecule has 0 fully saturated rings. The van der Waals surface area contributed by atoms with E-state index in [-0.39, 0.29) is 5.28 Å². The summed E-state index contributed by atoms with van der Waals surface area (Å²) >= 11 is 5.68. The number of nitrogens with zero attached hydrogens (tertiary/aromatic N) is 2. The van der Waals surface area contributed by atoms with Crippen molar-refractivity contribution in [2.45, 2.75) is 13.1 Å². The third kappa shape index (κ3) is 1.13. The van der Waals surface area contributed by atoms with E-state index >= 15 is 0 Å². The third-order valence-corrected chi connectivity index (χ3v) is 1.98. The molecule has 2 rings (SSSR count). The number of hydrogen-bond acceptors (Lipinski definition) is 4. The molecule has 0 amide bonds. The lowest BCUT2D eigenvalue weighted by atomic mass is 10.3. The zero-order chi connectivity index (χ0) is 8.55. The van der Waals surface area contributed by atoms with Gasteiger partial charge in [-0.1, -0.05) is 0 Å². The van der Waals surface area contributed by atoms with Gasteiger partial charge in [-0.15, -0.1) is 0 Å². The first kappa shape index (κ1) is 7.76. The highest BCUT2D eigenvalue weighted by Gasteiger charge is 2.18. The maximum absolute atomic E-state index is 5.68. The van der Waals surface area contributed by atoms with Crippen molar-refractivity contribution in [3.63, 3.8) is 0 Å². The minimum absolute atomic E-state index is 0.245. The molecule has 1 aliphatic heterocycles. The molecule has 5 heteroatoms. The lowest BCUT2D eigenvalue weighted by Gasteiger charge is -2.03. The molecule has 0 bridgehead atoms. The highest BCUT2D eigenvalue weighted by molar-refractivity contribution is 6.28. The predicted octanol–water partition coefficient (Wildman–Crippen LogP) is 0.742. The van der Waals surface area contributed by atoms with E-state index < -0.39 is 0 Å². The normalized spacial score (nSPS) is 14.5. The fourth-order valence-electron chi connectivity index (χ4n) is 1.28. The van der Waals surface area contributed by atoms with Crippen LogP contribution in [-0.4, -0.2) is 17.1 Å². The van der Waals surface area contributed by atoms with Crippen molar-refractivity contribution in [2.24, 2.45) is 0 Å². The Balaban J connectivity index is 2.55. The summed E-state index contributed by atoms with van der Waals surface area (Å²) < 4.78 is 5.06. The molecule has 1 aliphatic rings. The number of fused-ring (bicyclic) bond motifs is 1. The van der Waals surface area contributed by atoms with Crippen LogP contribution in [0, 0.1) is 0 Å². The van der Waals surface area contributed by atoms with Gasteiger partial charge in [0.2, 0.25) is 11.2 Å². The molecule has 2 heterocycles. The monoisotopic (exact) mass is 185 g/mol. The Morgan fingerprint density at radius 2 is 2.25 bits per heavy atom. The number of rotatable bonds is 1. The van der Waals surface area contributed by atoms with Crippen LogP contribution in [0.5, 0.6) is 5.88 Å². The van der Waals surface area contributed by atoms with E-state index in [1.54, 1.807) is 7.11 Å². The minimum Gasteiger partial charge on any atom is -0.481 e. The summed E-state index contributed by atoms with van der Waals surface area (Å²) in [4.78, 5) is 8.03. The SMILES string of the molecule is COc1nc(Cl)nc2c1CNC2. The lowest BCUT2D eigenvalue weighted by molar-refractivity contribution is 0.391. The maximum Gasteiger partial charge on any atom is 0.225 e. The quantitative estimate of drug-likeness (QED) is 0.656. The van der Waals surface area contributed by atoms with E-state index in [0.717, 1.165) is 24.3 Å². The average Bonchev–Trinajstić information content (AvgIpc) is 2.50.